The first-order chi connectivity index (χ1) is 13.2. The van der Waals surface area contributed by atoms with Crippen molar-refractivity contribution in [1.82, 2.24) is 0 Å². The molecule has 4 nitrogen and oxygen atoms in total. The molecule has 0 bridgehead atoms. The third kappa shape index (κ3) is 14.0. The highest BCUT2D eigenvalue weighted by Crippen LogP contribution is 2.30. The van der Waals surface area contributed by atoms with Crippen LogP contribution in [0.15, 0.2) is 0 Å². The molecule has 0 saturated heterocycles. The monoisotopic (exact) mass is 460 g/mol. The van der Waals surface area contributed by atoms with E-state index < -0.39 is 0 Å². The average molecular weight is 461 g/mol. The van der Waals surface area contributed by atoms with Gasteiger partial charge in [0.15, 0.2) is 0 Å². The van der Waals surface area contributed by atoms with E-state index in [0.717, 1.165) is 55.1 Å². The molecule has 0 radical (unpaired) electrons. The maximum Gasteiger partial charge on any atom is 0.0705 e. The van der Waals surface area contributed by atoms with Gasteiger partial charge in [0.1, 0.15) is 0 Å². The third-order valence-electron chi connectivity index (χ3n) is 4.11. The van der Waals surface area contributed by atoms with Crippen molar-refractivity contribution in [3.8, 4) is 0 Å². The zero-order chi connectivity index (χ0) is 20.2. The van der Waals surface area contributed by atoms with Gasteiger partial charge in [-0.3, -0.25) is 0 Å². The Balaban J connectivity index is 5.19. The molecule has 0 rings (SSSR count). The molecule has 0 aliphatic rings. The molecular weight excluding hydrogens is 420 g/mol. The van der Waals surface area contributed by atoms with Crippen LogP contribution in [0.4, 0.5) is 0 Å². The van der Waals surface area contributed by atoms with Gasteiger partial charge in [-0.1, -0.05) is 6.92 Å². The highest BCUT2D eigenvalue weighted by molar-refractivity contribution is 7.80. The molecule has 8 heteroatoms. The van der Waals surface area contributed by atoms with Crippen LogP contribution in [0.25, 0.3) is 0 Å². The Morgan fingerprint density at radius 3 is 1.44 bits per heavy atom. The van der Waals surface area contributed by atoms with E-state index in [1.807, 2.05) is 0 Å². The molecule has 0 aliphatic carbocycles. The van der Waals surface area contributed by atoms with E-state index in [4.69, 9.17) is 18.9 Å². The zero-order valence-corrected chi connectivity index (χ0v) is 20.4. The van der Waals surface area contributed by atoms with Crippen molar-refractivity contribution in [3.63, 3.8) is 0 Å². The Morgan fingerprint density at radius 1 is 0.667 bits per heavy atom. The summed E-state index contributed by atoms with van der Waals surface area (Å²) in [6, 6.07) is 0. The molecular formula is C19H40O4S4. The van der Waals surface area contributed by atoms with Crippen LogP contribution >= 0.6 is 50.5 Å². The van der Waals surface area contributed by atoms with Crippen molar-refractivity contribution in [2.75, 3.05) is 69.3 Å². The zero-order valence-electron chi connectivity index (χ0n) is 16.8. The van der Waals surface area contributed by atoms with E-state index in [2.05, 4.69) is 57.4 Å². The highest BCUT2D eigenvalue weighted by Gasteiger charge is 2.40. The number of ether oxygens (including phenoxy) is 4. The van der Waals surface area contributed by atoms with E-state index >= 15 is 0 Å². The molecule has 1 atom stereocenters. The average Bonchev–Trinajstić information content (AvgIpc) is 2.68. The van der Waals surface area contributed by atoms with Crippen molar-refractivity contribution >= 4 is 50.5 Å². The van der Waals surface area contributed by atoms with E-state index in [-0.39, 0.29) is 11.5 Å². The lowest BCUT2D eigenvalue weighted by atomic mass is 9.82. The van der Waals surface area contributed by atoms with Crippen LogP contribution in [0.1, 0.15) is 39.0 Å². The predicted octanol–water partition coefficient (Wildman–Crippen LogP) is 4.10. The van der Waals surface area contributed by atoms with Crippen LogP contribution in [0, 0.1) is 5.41 Å². The summed E-state index contributed by atoms with van der Waals surface area (Å²) in [6.07, 6.45) is 4.57. The van der Waals surface area contributed by atoms with Crippen LogP contribution in [0.5, 0.6) is 0 Å². The van der Waals surface area contributed by atoms with E-state index in [9.17, 15) is 0 Å². The molecule has 1 unspecified atom stereocenters. The summed E-state index contributed by atoms with van der Waals surface area (Å²) in [4.78, 5) is 0. The minimum Gasteiger partial charge on any atom is -0.381 e. The SMILES string of the molecule is CCCOC(CCS)C(COCCCS)(COCCCS)COCCCS. The van der Waals surface area contributed by atoms with Gasteiger partial charge in [-0.25, -0.2) is 0 Å². The van der Waals surface area contributed by atoms with Crippen molar-refractivity contribution < 1.29 is 18.9 Å². The summed E-state index contributed by atoms with van der Waals surface area (Å²) in [7, 11) is 0. The Labute approximate surface area is 188 Å². The molecule has 0 spiro atoms. The minimum atomic E-state index is -0.346. The van der Waals surface area contributed by atoms with Crippen LogP contribution in [0.2, 0.25) is 0 Å². The van der Waals surface area contributed by atoms with Gasteiger partial charge >= 0.3 is 0 Å². The fraction of sp³-hybridized carbons (Fsp3) is 1.00. The standard InChI is InChI=1S/C19H40O4S4/c1-2-7-23-18(6-14-27)19(15-20-8-3-11-24,16-21-9-4-12-25)17-22-10-5-13-26/h18,24-27H,2-17H2,1H3. The van der Waals surface area contributed by atoms with Crippen molar-refractivity contribution in [1.29, 1.82) is 0 Å². The molecule has 0 aromatic rings. The molecule has 0 aromatic heterocycles. The van der Waals surface area contributed by atoms with Gasteiger partial charge in [0.25, 0.3) is 0 Å². The Kier molecular flexibility index (Phi) is 21.5. The minimum absolute atomic E-state index is 0.0158. The van der Waals surface area contributed by atoms with E-state index in [0.29, 0.717) is 46.2 Å². The van der Waals surface area contributed by atoms with Gasteiger partial charge in [0, 0.05) is 26.4 Å². The normalized spacial score (nSPS) is 13.2. The number of thiol groups is 4. The van der Waals surface area contributed by atoms with Crippen molar-refractivity contribution in [2.24, 2.45) is 5.41 Å². The first kappa shape index (κ1) is 28.2. The Bertz CT molecular complexity index is 280. The maximum atomic E-state index is 6.23. The number of rotatable bonds is 21. The maximum absolute atomic E-state index is 6.23. The quantitative estimate of drug-likeness (QED) is 0.154. The molecule has 0 fully saturated rings. The lowest BCUT2D eigenvalue weighted by Gasteiger charge is -2.40. The van der Waals surface area contributed by atoms with Crippen molar-refractivity contribution in [2.45, 2.75) is 45.1 Å². The third-order valence-corrected chi connectivity index (χ3v) is 5.31. The summed E-state index contributed by atoms with van der Waals surface area (Å²) in [6.45, 7) is 6.51. The number of hydrogen-bond donors (Lipinski definition) is 4. The Morgan fingerprint density at radius 2 is 1.11 bits per heavy atom. The predicted molar refractivity (Wildman–Crippen MR) is 129 cm³/mol. The summed E-state index contributed by atoms with van der Waals surface area (Å²) < 4.78 is 24.3. The summed E-state index contributed by atoms with van der Waals surface area (Å²) in [5.74, 6) is 3.20. The molecule has 0 aromatic carbocycles. The van der Waals surface area contributed by atoms with Gasteiger partial charge in [-0.15, -0.1) is 0 Å². The summed E-state index contributed by atoms with van der Waals surface area (Å²) in [5, 5.41) is 0. The number of hydrogen-bond acceptors (Lipinski definition) is 8. The van der Waals surface area contributed by atoms with Crippen molar-refractivity contribution in [3.05, 3.63) is 0 Å². The van der Waals surface area contributed by atoms with E-state index in [1.54, 1.807) is 0 Å². The second-order valence-corrected chi connectivity index (χ2v) is 8.41. The van der Waals surface area contributed by atoms with E-state index in [1.165, 1.54) is 0 Å². The molecule has 27 heavy (non-hydrogen) atoms. The van der Waals surface area contributed by atoms with Gasteiger partial charge in [-0.2, -0.15) is 50.5 Å². The molecule has 0 heterocycles. The topological polar surface area (TPSA) is 36.9 Å². The van der Waals surface area contributed by atoms with Crippen LogP contribution < -0.4 is 0 Å². The Hall–Kier alpha value is 1.24. The largest absolute Gasteiger partial charge is 0.381 e. The fourth-order valence-electron chi connectivity index (χ4n) is 2.67. The van der Waals surface area contributed by atoms with Crippen LogP contribution in [-0.2, 0) is 18.9 Å². The first-order valence-electron chi connectivity index (χ1n) is 9.99. The molecule has 0 aliphatic heterocycles. The molecule has 164 valence electrons. The molecule has 0 N–H and O–H groups in total. The van der Waals surface area contributed by atoms with Crippen LogP contribution in [-0.4, -0.2) is 75.4 Å². The summed E-state index contributed by atoms with van der Waals surface area (Å²) in [5.41, 5.74) is -0.346. The van der Waals surface area contributed by atoms with Gasteiger partial charge < -0.3 is 18.9 Å². The van der Waals surface area contributed by atoms with Gasteiger partial charge in [0.2, 0.25) is 0 Å². The lowest BCUT2D eigenvalue weighted by Crippen LogP contribution is -2.49. The van der Waals surface area contributed by atoms with Gasteiger partial charge in [-0.05, 0) is 55.1 Å². The van der Waals surface area contributed by atoms with Gasteiger partial charge in [0.05, 0.1) is 31.3 Å². The smallest absolute Gasteiger partial charge is 0.0705 e. The highest BCUT2D eigenvalue weighted by atomic mass is 32.1. The fourth-order valence-corrected chi connectivity index (χ4v) is 3.30. The van der Waals surface area contributed by atoms with Crippen LogP contribution in [0.3, 0.4) is 0 Å². The second kappa shape index (κ2) is 20.5. The first-order valence-corrected chi connectivity index (χ1v) is 12.5. The summed E-state index contributed by atoms with van der Waals surface area (Å²) >= 11 is 17.3. The molecule has 0 saturated carbocycles. The lowest BCUT2D eigenvalue weighted by molar-refractivity contribution is -0.147. The molecule has 0 amide bonds. The second-order valence-electron chi connectivity index (χ2n) is 6.62.